The summed E-state index contributed by atoms with van der Waals surface area (Å²) in [7, 11) is 0. The highest BCUT2D eigenvalue weighted by Crippen LogP contribution is 2.52. The maximum atomic E-state index is 2.50. The number of hydrogen-bond acceptors (Lipinski definition) is 1. The third kappa shape index (κ3) is 6.13. The molecular weight excluding hydrogens is 699 g/mol. The molecule has 0 amide bonds. The van der Waals surface area contributed by atoms with Crippen LogP contribution in [0.25, 0.3) is 66.8 Å². The summed E-state index contributed by atoms with van der Waals surface area (Å²) < 4.78 is 0. The summed E-state index contributed by atoms with van der Waals surface area (Å²) in [5.74, 6) is 0. The van der Waals surface area contributed by atoms with Crippen LogP contribution < -0.4 is 4.90 Å². The largest absolute Gasteiger partial charge is 0.309 e. The monoisotopic (exact) mass is 741 g/mol. The number of hydrogen-bond donors (Lipinski definition) is 0. The summed E-state index contributed by atoms with van der Waals surface area (Å²) >= 11 is 0. The van der Waals surface area contributed by atoms with Crippen molar-refractivity contribution in [2.45, 2.75) is 19.3 Å². The van der Waals surface area contributed by atoms with Gasteiger partial charge in [0.15, 0.2) is 0 Å². The van der Waals surface area contributed by atoms with Gasteiger partial charge in [-0.05, 0) is 91.0 Å². The number of anilines is 3. The molecular formula is C57H43N. The molecule has 58 heavy (non-hydrogen) atoms. The van der Waals surface area contributed by atoms with Crippen LogP contribution in [0.4, 0.5) is 17.1 Å². The SMILES string of the molecule is CC1(C)c2ccccc2-c2ccc(N(c3ccccc3-c3ccc(-c4ccccc4)cc3)c3ccccc3-c3ccccc3-c3ccccc3-c3ccccc3)cc21. The minimum Gasteiger partial charge on any atom is -0.309 e. The van der Waals surface area contributed by atoms with Gasteiger partial charge in [-0.25, -0.2) is 0 Å². The molecule has 1 aliphatic carbocycles. The van der Waals surface area contributed by atoms with Gasteiger partial charge < -0.3 is 4.90 Å². The van der Waals surface area contributed by atoms with Crippen molar-refractivity contribution in [3.8, 4) is 66.8 Å². The van der Waals surface area contributed by atoms with Crippen LogP contribution in [-0.4, -0.2) is 0 Å². The van der Waals surface area contributed by atoms with Crippen molar-refractivity contribution >= 4 is 17.1 Å². The van der Waals surface area contributed by atoms with E-state index in [1.54, 1.807) is 0 Å². The molecule has 0 aromatic heterocycles. The minimum absolute atomic E-state index is 0.145. The summed E-state index contributed by atoms with van der Waals surface area (Å²) in [5.41, 5.74) is 20.5. The highest BCUT2D eigenvalue weighted by molar-refractivity contribution is 5.99. The molecule has 9 aromatic carbocycles. The first kappa shape index (κ1) is 35.2. The Hall–Kier alpha value is -7.22. The lowest BCUT2D eigenvalue weighted by atomic mass is 9.82. The van der Waals surface area contributed by atoms with Crippen molar-refractivity contribution in [3.63, 3.8) is 0 Å². The van der Waals surface area contributed by atoms with Gasteiger partial charge in [0.05, 0.1) is 11.4 Å². The van der Waals surface area contributed by atoms with Gasteiger partial charge in [-0.15, -0.1) is 0 Å². The van der Waals surface area contributed by atoms with Crippen LogP contribution in [-0.2, 0) is 5.41 Å². The van der Waals surface area contributed by atoms with E-state index in [0.29, 0.717) is 0 Å². The Kier molecular flexibility index (Phi) is 8.92. The van der Waals surface area contributed by atoms with E-state index in [4.69, 9.17) is 0 Å². The molecule has 10 rings (SSSR count). The molecule has 0 spiro atoms. The normalized spacial score (nSPS) is 12.4. The molecule has 0 heterocycles. The van der Waals surface area contributed by atoms with Crippen LogP contribution in [0.5, 0.6) is 0 Å². The molecule has 0 radical (unpaired) electrons. The van der Waals surface area contributed by atoms with Crippen molar-refractivity contribution in [2.75, 3.05) is 4.90 Å². The molecule has 276 valence electrons. The Morgan fingerprint density at radius 3 is 1.33 bits per heavy atom. The average molecular weight is 742 g/mol. The molecule has 9 aromatic rings. The van der Waals surface area contributed by atoms with Crippen LogP contribution in [0.15, 0.2) is 224 Å². The number of para-hydroxylation sites is 2. The second kappa shape index (κ2) is 14.7. The molecule has 1 heteroatoms. The van der Waals surface area contributed by atoms with E-state index in [-0.39, 0.29) is 5.41 Å². The summed E-state index contributed by atoms with van der Waals surface area (Å²) in [4.78, 5) is 2.50. The Labute approximate surface area is 342 Å². The van der Waals surface area contributed by atoms with E-state index in [1.807, 2.05) is 0 Å². The molecule has 0 unspecified atom stereocenters. The fraction of sp³-hybridized carbons (Fsp3) is 0.0526. The minimum atomic E-state index is -0.145. The lowest BCUT2D eigenvalue weighted by molar-refractivity contribution is 0.660. The molecule has 0 atom stereocenters. The third-order valence-corrected chi connectivity index (χ3v) is 11.9. The first-order valence-corrected chi connectivity index (χ1v) is 20.2. The van der Waals surface area contributed by atoms with Crippen LogP contribution in [0, 0.1) is 0 Å². The van der Waals surface area contributed by atoms with E-state index in [0.717, 1.165) is 17.1 Å². The number of rotatable bonds is 8. The lowest BCUT2D eigenvalue weighted by Gasteiger charge is -2.31. The van der Waals surface area contributed by atoms with E-state index >= 15 is 0 Å². The van der Waals surface area contributed by atoms with Crippen molar-refractivity contribution < 1.29 is 0 Å². The fourth-order valence-corrected chi connectivity index (χ4v) is 9.06. The molecule has 0 bridgehead atoms. The van der Waals surface area contributed by atoms with Gasteiger partial charge in [0.1, 0.15) is 0 Å². The van der Waals surface area contributed by atoms with Crippen molar-refractivity contribution in [1.82, 2.24) is 0 Å². The van der Waals surface area contributed by atoms with E-state index in [1.165, 1.54) is 77.9 Å². The van der Waals surface area contributed by atoms with Crippen LogP contribution in [0.3, 0.4) is 0 Å². The Balaban J connectivity index is 1.19. The number of fused-ring (bicyclic) bond motifs is 3. The molecule has 1 aliphatic rings. The highest BCUT2D eigenvalue weighted by atomic mass is 15.1. The zero-order valence-electron chi connectivity index (χ0n) is 32.8. The zero-order valence-corrected chi connectivity index (χ0v) is 32.8. The van der Waals surface area contributed by atoms with Gasteiger partial charge >= 0.3 is 0 Å². The van der Waals surface area contributed by atoms with Gasteiger partial charge in [0.25, 0.3) is 0 Å². The van der Waals surface area contributed by atoms with Crippen molar-refractivity contribution in [1.29, 1.82) is 0 Å². The molecule has 0 N–H and O–H groups in total. The maximum Gasteiger partial charge on any atom is 0.0540 e. The predicted octanol–water partition coefficient (Wildman–Crippen LogP) is 15.8. The van der Waals surface area contributed by atoms with E-state index in [2.05, 4.69) is 243 Å². The average Bonchev–Trinajstić information content (AvgIpc) is 3.52. The number of benzene rings is 9. The molecule has 0 saturated heterocycles. The van der Waals surface area contributed by atoms with E-state index < -0.39 is 0 Å². The van der Waals surface area contributed by atoms with Gasteiger partial charge in [-0.3, -0.25) is 0 Å². The zero-order chi connectivity index (χ0) is 39.1. The summed E-state index contributed by atoms with van der Waals surface area (Å²) in [6.45, 7) is 4.73. The van der Waals surface area contributed by atoms with Gasteiger partial charge in [-0.1, -0.05) is 214 Å². The number of nitrogens with zero attached hydrogens (tertiary/aromatic N) is 1. The standard InChI is InChI=1S/C57H43N/c1-57(2)53-30-16-13-28-50(53)51-38-37-44(39-54(51)57)58(55-31-17-14-24-46(55)43-35-33-41(34-36-43)40-19-5-3-6-20-40)56-32-18-15-29-52(56)49-27-12-11-26-48(49)47-25-10-9-23-45(47)42-21-7-4-8-22-42/h3-39H,1-2H3. The third-order valence-electron chi connectivity index (χ3n) is 11.9. The smallest absolute Gasteiger partial charge is 0.0540 e. The molecule has 1 nitrogen and oxygen atoms in total. The van der Waals surface area contributed by atoms with Crippen molar-refractivity contribution in [2.24, 2.45) is 0 Å². The molecule has 0 fully saturated rings. The fourth-order valence-electron chi connectivity index (χ4n) is 9.06. The topological polar surface area (TPSA) is 3.24 Å². The quantitative estimate of drug-likeness (QED) is 0.150. The van der Waals surface area contributed by atoms with Crippen molar-refractivity contribution in [3.05, 3.63) is 236 Å². The second-order valence-electron chi connectivity index (χ2n) is 15.7. The first-order chi connectivity index (χ1) is 28.6. The van der Waals surface area contributed by atoms with Crippen LogP contribution in [0.1, 0.15) is 25.0 Å². The highest BCUT2D eigenvalue weighted by Gasteiger charge is 2.36. The lowest BCUT2D eigenvalue weighted by Crippen LogP contribution is -2.17. The predicted molar refractivity (Wildman–Crippen MR) is 246 cm³/mol. The Bertz CT molecular complexity index is 2900. The first-order valence-electron chi connectivity index (χ1n) is 20.2. The Morgan fingerprint density at radius 2 is 0.672 bits per heavy atom. The Morgan fingerprint density at radius 1 is 0.276 bits per heavy atom. The summed E-state index contributed by atoms with van der Waals surface area (Å²) in [6, 6.07) is 81.8. The van der Waals surface area contributed by atoms with Crippen LogP contribution in [0.2, 0.25) is 0 Å². The second-order valence-corrected chi connectivity index (χ2v) is 15.7. The van der Waals surface area contributed by atoms with Crippen LogP contribution >= 0.6 is 0 Å². The molecule has 0 aliphatic heterocycles. The maximum absolute atomic E-state index is 2.50. The summed E-state index contributed by atoms with van der Waals surface area (Å²) in [5, 5.41) is 0. The van der Waals surface area contributed by atoms with Gasteiger partial charge in [0.2, 0.25) is 0 Å². The van der Waals surface area contributed by atoms with Gasteiger partial charge in [0, 0.05) is 22.2 Å². The van der Waals surface area contributed by atoms with Gasteiger partial charge in [-0.2, -0.15) is 0 Å². The summed E-state index contributed by atoms with van der Waals surface area (Å²) in [6.07, 6.45) is 0. The van der Waals surface area contributed by atoms with E-state index in [9.17, 15) is 0 Å². The molecule has 0 saturated carbocycles.